The van der Waals surface area contributed by atoms with Gasteiger partial charge in [-0.1, -0.05) is 0 Å². The smallest absolute Gasteiger partial charge is 0.151 e. The maximum Gasteiger partial charge on any atom is 0.151 e. The lowest BCUT2D eigenvalue weighted by molar-refractivity contribution is 0.802. The first-order valence-corrected chi connectivity index (χ1v) is 5.43. The number of aryl methyl sites for hydroxylation is 1. The maximum atomic E-state index is 5.48. The minimum Gasteiger partial charge on any atom is -0.330 e. The van der Waals surface area contributed by atoms with Crippen molar-refractivity contribution in [2.45, 2.75) is 12.8 Å². The lowest BCUT2D eigenvalue weighted by atomic mass is 10.2. The molecule has 2 N–H and O–H groups in total. The van der Waals surface area contributed by atoms with Gasteiger partial charge in [-0.25, -0.2) is 4.98 Å². The van der Waals surface area contributed by atoms with Crippen molar-refractivity contribution in [1.82, 2.24) is 9.38 Å². The van der Waals surface area contributed by atoms with Crippen LogP contribution in [-0.4, -0.2) is 15.9 Å². The third-order valence-electron chi connectivity index (χ3n) is 2.20. The lowest BCUT2D eigenvalue weighted by Crippen LogP contribution is -2.02. The van der Waals surface area contributed by atoms with Gasteiger partial charge < -0.3 is 10.1 Å². The Morgan fingerprint density at radius 3 is 3.14 bits per heavy atom. The molecule has 0 aliphatic rings. The molecular weight excluding hydrogens is 242 g/mol. The molecule has 0 bridgehead atoms. The van der Waals surface area contributed by atoms with E-state index in [-0.39, 0.29) is 0 Å². The third kappa shape index (κ3) is 1.67. The van der Waals surface area contributed by atoms with Crippen LogP contribution in [0.5, 0.6) is 0 Å². The Morgan fingerprint density at radius 1 is 1.50 bits per heavy atom. The van der Waals surface area contributed by atoms with Gasteiger partial charge in [0, 0.05) is 18.1 Å². The van der Waals surface area contributed by atoms with Gasteiger partial charge in [0.1, 0.15) is 0 Å². The Hall–Kier alpha value is -0.870. The molecule has 14 heavy (non-hydrogen) atoms. The van der Waals surface area contributed by atoms with E-state index in [0.717, 1.165) is 29.5 Å². The van der Waals surface area contributed by atoms with Crippen LogP contribution in [0.4, 0.5) is 0 Å². The zero-order chi connectivity index (χ0) is 9.97. The molecule has 0 saturated heterocycles. The van der Waals surface area contributed by atoms with Gasteiger partial charge in [-0.05, 0) is 47.4 Å². The van der Waals surface area contributed by atoms with E-state index in [9.17, 15) is 0 Å². The molecule has 2 heterocycles. The van der Waals surface area contributed by atoms with Crippen molar-refractivity contribution in [3.63, 3.8) is 0 Å². The van der Waals surface area contributed by atoms with Crippen LogP contribution in [0.25, 0.3) is 5.65 Å². The number of imidazole rings is 1. The second-order valence-corrected chi connectivity index (χ2v) is 4.05. The summed E-state index contributed by atoms with van der Waals surface area (Å²) in [6, 6.07) is 4.00. The van der Waals surface area contributed by atoms with Gasteiger partial charge in [-0.15, -0.1) is 0 Å². The number of hydrogen-bond donors (Lipinski definition) is 1. The van der Waals surface area contributed by atoms with Crippen molar-refractivity contribution in [3.8, 4) is 0 Å². The summed E-state index contributed by atoms with van der Waals surface area (Å²) >= 11 is 3.47. The molecule has 3 nitrogen and oxygen atoms in total. The summed E-state index contributed by atoms with van der Waals surface area (Å²) in [5.74, 6) is 0. The number of halogens is 1. The highest BCUT2D eigenvalue weighted by Crippen LogP contribution is 2.17. The Balaban J connectivity index is 2.42. The Bertz CT molecular complexity index is 436. The normalized spacial score (nSPS) is 11.0. The van der Waals surface area contributed by atoms with Crippen LogP contribution in [0.1, 0.15) is 12.1 Å². The van der Waals surface area contributed by atoms with Crippen molar-refractivity contribution in [2.24, 2.45) is 5.73 Å². The minimum absolute atomic E-state index is 0.723. The van der Waals surface area contributed by atoms with E-state index in [1.807, 2.05) is 24.5 Å². The molecule has 0 fully saturated rings. The Morgan fingerprint density at radius 2 is 2.36 bits per heavy atom. The molecule has 74 valence electrons. The second kappa shape index (κ2) is 4.11. The van der Waals surface area contributed by atoms with Crippen molar-refractivity contribution in [1.29, 1.82) is 0 Å². The number of nitrogens with two attached hydrogens (primary N) is 1. The lowest BCUT2D eigenvalue weighted by Gasteiger charge is -2.00. The van der Waals surface area contributed by atoms with Crippen LogP contribution >= 0.6 is 15.9 Å². The highest BCUT2D eigenvalue weighted by atomic mass is 79.9. The Labute approximate surface area is 91.1 Å². The summed E-state index contributed by atoms with van der Waals surface area (Å²) in [5.41, 5.74) is 7.67. The molecule has 0 radical (unpaired) electrons. The van der Waals surface area contributed by atoms with E-state index in [1.54, 1.807) is 0 Å². The van der Waals surface area contributed by atoms with Gasteiger partial charge in [0.2, 0.25) is 0 Å². The van der Waals surface area contributed by atoms with Crippen molar-refractivity contribution in [2.75, 3.05) is 6.54 Å². The number of pyridine rings is 1. The topological polar surface area (TPSA) is 43.3 Å². The van der Waals surface area contributed by atoms with Crippen LogP contribution in [0, 0.1) is 0 Å². The van der Waals surface area contributed by atoms with Crippen molar-refractivity contribution in [3.05, 3.63) is 34.7 Å². The van der Waals surface area contributed by atoms with Crippen LogP contribution < -0.4 is 5.73 Å². The third-order valence-corrected chi connectivity index (χ3v) is 2.82. The van der Waals surface area contributed by atoms with Gasteiger partial charge in [0.15, 0.2) is 5.65 Å². The van der Waals surface area contributed by atoms with Gasteiger partial charge in [0.05, 0.1) is 4.47 Å². The molecule has 0 aromatic carbocycles. The molecule has 0 spiro atoms. The first-order chi connectivity index (χ1) is 6.83. The number of hydrogen-bond acceptors (Lipinski definition) is 2. The average Bonchev–Trinajstić information content (AvgIpc) is 2.60. The quantitative estimate of drug-likeness (QED) is 0.910. The number of rotatable bonds is 3. The fraction of sp³-hybridized carbons (Fsp3) is 0.300. The molecule has 0 aliphatic heterocycles. The highest BCUT2D eigenvalue weighted by Gasteiger charge is 2.04. The van der Waals surface area contributed by atoms with Gasteiger partial charge in [-0.2, -0.15) is 0 Å². The number of nitrogens with zero attached hydrogens (tertiary/aromatic N) is 2. The van der Waals surface area contributed by atoms with E-state index < -0.39 is 0 Å². The molecule has 0 amide bonds. The van der Waals surface area contributed by atoms with E-state index in [4.69, 9.17) is 5.73 Å². The largest absolute Gasteiger partial charge is 0.330 e. The molecule has 4 heteroatoms. The molecule has 2 rings (SSSR count). The molecule has 0 aliphatic carbocycles. The van der Waals surface area contributed by atoms with Crippen LogP contribution in [0.15, 0.2) is 29.0 Å². The predicted molar refractivity (Wildman–Crippen MR) is 60.3 cm³/mol. The summed E-state index contributed by atoms with van der Waals surface area (Å²) in [7, 11) is 0. The maximum absolute atomic E-state index is 5.48. The first kappa shape index (κ1) is 9.68. The average molecular weight is 254 g/mol. The summed E-state index contributed by atoms with van der Waals surface area (Å²) in [6.07, 6.45) is 5.92. The van der Waals surface area contributed by atoms with Gasteiger partial charge in [-0.3, -0.25) is 0 Å². The Kier molecular flexibility index (Phi) is 2.84. The fourth-order valence-corrected chi connectivity index (χ4v) is 1.94. The molecule has 0 unspecified atom stereocenters. The summed E-state index contributed by atoms with van der Waals surface area (Å²) in [5, 5.41) is 0. The molecular formula is C10H12BrN3. The van der Waals surface area contributed by atoms with Crippen molar-refractivity contribution >= 4 is 21.6 Å². The van der Waals surface area contributed by atoms with E-state index in [1.165, 1.54) is 5.69 Å². The van der Waals surface area contributed by atoms with Gasteiger partial charge in [0.25, 0.3) is 0 Å². The number of aromatic nitrogens is 2. The monoisotopic (exact) mass is 253 g/mol. The zero-order valence-electron chi connectivity index (χ0n) is 7.78. The molecule has 2 aromatic heterocycles. The van der Waals surface area contributed by atoms with Crippen LogP contribution in [-0.2, 0) is 6.42 Å². The van der Waals surface area contributed by atoms with E-state index in [2.05, 4.69) is 25.3 Å². The van der Waals surface area contributed by atoms with Crippen LogP contribution in [0.3, 0.4) is 0 Å². The van der Waals surface area contributed by atoms with Gasteiger partial charge >= 0.3 is 0 Å². The number of fused-ring (bicyclic) bond motifs is 1. The first-order valence-electron chi connectivity index (χ1n) is 4.63. The second-order valence-electron chi connectivity index (χ2n) is 3.19. The predicted octanol–water partition coefficient (Wildman–Crippen LogP) is 1.99. The molecule has 2 aromatic rings. The standard InChI is InChI=1S/C10H12BrN3/c11-9-4-2-6-14-8(3-1-5-12)7-13-10(9)14/h2,4,6-7H,1,3,5,12H2. The van der Waals surface area contributed by atoms with Crippen LogP contribution in [0.2, 0.25) is 0 Å². The molecule has 0 atom stereocenters. The van der Waals surface area contributed by atoms with E-state index in [0.29, 0.717) is 0 Å². The fourth-order valence-electron chi connectivity index (χ4n) is 1.50. The SMILES string of the molecule is NCCCc1cnc2c(Br)cccn12. The molecule has 0 saturated carbocycles. The summed E-state index contributed by atoms with van der Waals surface area (Å²) < 4.78 is 3.12. The van der Waals surface area contributed by atoms with E-state index >= 15 is 0 Å². The van der Waals surface area contributed by atoms with Crippen molar-refractivity contribution < 1.29 is 0 Å². The zero-order valence-corrected chi connectivity index (χ0v) is 9.37. The summed E-state index contributed by atoms with van der Waals surface area (Å²) in [4.78, 5) is 4.35. The highest BCUT2D eigenvalue weighted by molar-refractivity contribution is 9.10. The summed E-state index contributed by atoms with van der Waals surface area (Å²) in [6.45, 7) is 0.723. The minimum atomic E-state index is 0.723.